The topological polar surface area (TPSA) is 55.8 Å². The quantitative estimate of drug-likeness (QED) is 0.516. The second-order valence-corrected chi connectivity index (χ2v) is 5.14. The average Bonchev–Trinajstić information content (AvgIpc) is 2.49. The predicted octanol–water partition coefficient (Wildman–Crippen LogP) is 4.31. The fourth-order valence-electron chi connectivity index (χ4n) is 2.12. The van der Waals surface area contributed by atoms with E-state index in [1.807, 2.05) is 0 Å². The number of rotatable bonds is 10. The zero-order valence-electron chi connectivity index (χ0n) is 13.1. The van der Waals surface area contributed by atoms with Crippen LogP contribution in [0.25, 0.3) is 0 Å². The molecule has 0 aliphatic carbocycles. The lowest BCUT2D eigenvalue weighted by Crippen LogP contribution is -2.06. The summed E-state index contributed by atoms with van der Waals surface area (Å²) in [7, 11) is 1.47. The molecule has 4 heteroatoms. The van der Waals surface area contributed by atoms with Gasteiger partial charge in [-0.2, -0.15) is 0 Å². The molecule has 0 saturated heterocycles. The highest BCUT2D eigenvalue weighted by Gasteiger charge is 2.10. The molecule has 0 atom stereocenters. The van der Waals surface area contributed by atoms with Crippen LogP contribution in [0, 0.1) is 0 Å². The number of methoxy groups -OCH3 is 1. The number of hydrogen-bond acceptors (Lipinski definition) is 4. The fourth-order valence-corrected chi connectivity index (χ4v) is 2.12. The van der Waals surface area contributed by atoms with Crippen molar-refractivity contribution in [3.05, 3.63) is 23.8 Å². The lowest BCUT2D eigenvalue weighted by molar-refractivity contribution is 0.0497. The fraction of sp³-hybridized carbons (Fsp3) is 0.588. The Hall–Kier alpha value is -1.71. The minimum absolute atomic E-state index is 0.0529. The number of phenols is 1. The summed E-state index contributed by atoms with van der Waals surface area (Å²) in [6, 6.07) is 4.51. The van der Waals surface area contributed by atoms with Gasteiger partial charge in [0, 0.05) is 0 Å². The molecule has 0 radical (unpaired) electrons. The van der Waals surface area contributed by atoms with Crippen molar-refractivity contribution in [1.29, 1.82) is 0 Å². The second-order valence-electron chi connectivity index (χ2n) is 5.14. The molecular weight excluding hydrogens is 268 g/mol. The maximum atomic E-state index is 11.8. The van der Waals surface area contributed by atoms with Crippen molar-refractivity contribution < 1.29 is 19.4 Å². The van der Waals surface area contributed by atoms with Crippen LogP contribution in [-0.2, 0) is 4.74 Å². The summed E-state index contributed by atoms with van der Waals surface area (Å²) in [5.74, 6) is -0.111. The zero-order chi connectivity index (χ0) is 15.5. The molecule has 0 aromatic heterocycles. The van der Waals surface area contributed by atoms with Crippen LogP contribution in [0.15, 0.2) is 18.2 Å². The van der Waals surface area contributed by atoms with E-state index in [1.54, 1.807) is 12.1 Å². The summed E-state index contributed by atoms with van der Waals surface area (Å²) < 4.78 is 10.1. The van der Waals surface area contributed by atoms with Crippen LogP contribution in [0.1, 0.15) is 62.2 Å². The Bertz CT molecular complexity index is 429. The second kappa shape index (κ2) is 10.1. The van der Waals surface area contributed by atoms with Gasteiger partial charge in [-0.25, -0.2) is 4.79 Å². The third kappa shape index (κ3) is 6.52. The van der Waals surface area contributed by atoms with Gasteiger partial charge in [-0.1, -0.05) is 45.4 Å². The number of carbonyl (C=O) groups excluding carboxylic acids is 1. The minimum Gasteiger partial charge on any atom is -0.504 e. The Labute approximate surface area is 127 Å². The minimum atomic E-state index is -0.404. The van der Waals surface area contributed by atoms with E-state index < -0.39 is 5.97 Å². The molecule has 1 aromatic carbocycles. The average molecular weight is 294 g/mol. The van der Waals surface area contributed by atoms with E-state index in [0.29, 0.717) is 17.9 Å². The van der Waals surface area contributed by atoms with Crippen LogP contribution in [0.3, 0.4) is 0 Å². The number of benzene rings is 1. The van der Waals surface area contributed by atoms with E-state index in [-0.39, 0.29) is 5.75 Å². The van der Waals surface area contributed by atoms with Gasteiger partial charge in [-0.15, -0.1) is 0 Å². The number of hydrogen-bond donors (Lipinski definition) is 1. The van der Waals surface area contributed by atoms with E-state index >= 15 is 0 Å². The largest absolute Gasteiger partial charge is 0.504 e. The number of carbonyl (C=O) groups is 1. The van der Waals surface area contributed by atoms with E-state index in [9.17, 15) is 9.90 Å². The van der Waals surface area contributed by atoms with Crippen molar-refractivity contribution >= 4 is 5.97 Å². The first-order chi connectivity index (χ1) is 10.2. The predicted molar refractivity (Wildman–Crippen MR) is 82.9 cm³/mol. The van der Waals surface area contributed by atoms with Crippen molar-refractivity contribution in [1.82, 2.24) is 0 Å². The number of unbranched alkanes of at least 4 members (excludes halogenated alkanes) is 6. The molecule has 0 aliphatic heterocycles. The normalized spacial score (nSPS) is 10.4. The Kier molecular flexibility index (Phi) is 8.32. The van der Waals surface area contributed by atoms with Crippen molar-refractivity contribution in [2.75, 3.05) is 13.7 Å². The van der Waals surface area contributed by atoms with E-state index in [1.165, 1.54) is 45.3 Å². The molecule has 4 nitrogen and oxygen atoms in total. The number of ether oxygens (including phenoxy) is 2. The van der Waals surface area contributed by atoms with Gasteiger partial charge in [-0.3, -0.25) is 0 Å². The maximum Gasteiger partial charge on any atom is 0.338 e. The molecule has 21 heavy (non-hydrogen) atoms. The van der Waals surface area contributed by atoms with Crippen LogP contribution in [-0.4, -0.2) is 24.8 Å². The van der Waals surface area contributed by atoms with Gasteiger partial charge in [0.15, 0.2) is 11.5 Å². The first-order valence-electron chi connectivity index (χ1n) is 7.73. The Morgan fingerprint density at radius 2 is 1.76 bits per heavy atom. The maximum absolute atomic E-state index is 11.8. The monoisotopic (exact) mass is 294 g/mol. The van der Waals surface area contributed by atoms with Crippen LogP contribution in [0.2, 0.25) is 0 Å². The smallest absolute Gasteiger partial charge is 0.338 e. The SMILES string of the molecule is CCCCCCCCCOC(=O)c1ccc(OC)c(O)c1. The highest BCUT2D eigenvalue weighted by atomic mass is 16.5. The van der Waals surface area contributed by atoms with Gasteiger partial charge >= 0.3 is 5.97 Å². The molecule has 0 saturated carbocycles. The van der Waals surface area contributed by atoms with E-state index in [0.717, 1.165) is 12.8 Å². The summed E-state index contributed by atoms with van der Waals surface area (Å²) in [6.07, 6.45) is 8.28. The molecule has 0 amide bonds. The lowest BCUT2D eigenvalue weighted by Gasteiger charge is -2.07. The molecule has 1 rings (SSSR count). The Morgan fingerprint density at radius 1 is 1.10 bits per heavy atom. The first-order valence-corrected chi connectivity index (χ1v) is 7.73. The van der Waals surface area contributed by atoms with Crippen LogP contribution in [0.4, 0.5) is 0 Å². The Morgan fingerprint density at radius 3 is 2.38 bits per heavy atom. The molecule has 0 unspecified atom stereocenters. The molecule has 0 aliphatic rings. The number of esters is 1. The van der Waals surface area contributed by atoms with Gasteiger partial charge < -0.3 is 14.6 Å². The van der Waals surface area contributed by atoms with Gasteiger partial charge in [0.05, 0.1) is 19.3 Å². The summed E-state index contributed by atoms with van der Waals surface area (Å²) in [5, 5.41) is 9.62. The van der Waals surface area contributed by atoms with Gasteiger partial charge in [0.2, 0.25) is 0 Å². The third-order valence-electron chi connectivity index (χ3n) is 3.40. The zero-order valence-corrected chi connectivity index (χ0v) is 13.1. The molecule has 0 heterocycles. The molecule has 1 aromatic rings. The number of aromatic hydroxyl groups is 1. The van der Waals surface area contributed by atoms with E-state index in [2.05, 4.69) is 6.92 Å². The summed E-state index contributed by atoms with van der Waals surface area (Å²) in [5.41, 5.74) is 0.344. The molecular formula is C17H26O4. The van der Waals surface area contributed by atoms with Crippen molar-refractivity contribution in [2.24, 2.45) is 0 Å². The van der Waals surface area contributed by atoms with Gasteiger partial charge in [-0.05, 0) is 24.6 Å². The van der Waals surface area contributed by atoms with Crippen LogP contribution >= 0.6 is 0 Å². The van der Waals surface area contributed by atoms with Crippen LogP contribution < -0.4 is 4.74 Å². The molecule has 118 valence electrons. The highest BCUT2D eigenvalue weighted by molar-refractivity contribution is 5.90. The summed E-state index contributed by atoms with van der Waals surface area (Å²) >= 11 is 0. The Balaban J connectivity index is 2.20. The lowest BCUT2D eigenvalue weighted by atomic mass is 10.1. The van der Waals surface area contributed by atoms with Crippen molar-refractivity contribution in [3.63, 3.8) is 0 Å². The molecule has 1 N–H and O–H groups in total. The standard InChI is InChI=1S/C17H26O4/c1-3-4-5-6-7-8-9-12-21-17(19)14-10-11-16(20-2)15(18)13-14/h10-11,13,18H,3-9,12H2,1-2H3. The first kappa shape index (κ1) is 17.3. The summed E-state index contributed by atoms with van der Waals surface area (Å²) in [4.78, 5) is 11.8. The van der Waals surface area contributed by atoms with Crippen molar-refractivity contribution in [3.8, 4) is 11.5 Å². The molecule has 0 spiro atoms. The summed E-state index contributed by atoms with van der Waals surface area (Å²) in [6.45, 7) is 2.63. The van der Waals surface area contributed by atoms with Gasteiger partial charge in [0.1, 0.15) is 0 Å². The van der Waals surface area contributed by atoms with Crippen LogP contribution in [0.5, 0.6) is 11.5 Å². The number of phenolic OH excluding ortho intramolecular Hbond substituents is 1. The third-order valence-corrected chi connectivity index (χ3v) is 3.40. The van der Waals surface area contributed by atoms with Gasteiger partial charge in [0.25, 0.3) is 0 Å². The van der Waals surface area contributed by atoms with Crippen molar-refractivity contribution in [2.45, 2.75) is 51.9 Å². The molecule has 0 fully saturated rings. The van der Waals surface area contributed by atoms with E-state index in [4.69, 9.17) is 9.47 Å². The molecule has 0 bridgehead atoms. The highest BCUT2D eigenvalue weighted by Crippen LogP contribution is 2.26.